The van der Waals surface area contributed by atoms with Gasteiger partial charge < -0.3 is 24.7 Å². The molecule has 19 nitrogen and oxygen atoms in total. The van der Waals surface area contributed by atoms with Crippen molar-refractivity contribution in [3.63, 3.8) is 0 Å². The zero-order valence-corrected chi connectivity index (χ0v) is 46.4. The highest BCUT2D eigenvalue weighted by molar-refractivity contribution is 7.05. The first kappa shape index (κ1) is 68.4. The molecule has 396 valence electrons. The Bertz CT molecular complexity index is 2290. The Balaban J connectivity index is -0.000000734. The summed E-state index contributed by atoms with van der Waals surface area (Å²) in [7, 11) is 3.28. The average Bonchev–Trinajstić information content (AvgIpc) is 4.15. The lowest BCUT2D eigenvalue weighted by Gasteiger charge is -2.01. The van der Waals surface area contributed by atoms with Crippen LogP contribution in [0.3, 0.4) is 0 Å². The summed E-state index contributed by atoms with van der Waals surface area (Å²) in [4.78, 5) is 50.0. The average molecular weight is 1020 g/mol. The van der Waals surface area contributed by atoms with Crippen LogP contribution in [0.25, 0.3) is 0 Å². The lowest BCUT2D eigenvalue weighted by atomic mass is 10.1. The van der Waals surface area contributed by atoms with Crippen molar-refractivity contribution < 1.29 is 28.2 Å². The Morgan fingerprint density at radius 2 is 1.21 bits per heavy atom. The molecule has 2 amide bonds. The SMILES string of the molecule is C.CC(C)c1cocc(O)c1=O.CC(C)c1ncn[nH]1.CC(C)c1noc(=O)[nH]1.CNC(=O)C(C)C.CNC(=O)C(C)C.Cc1cc(C(C)C)on1.Cc1cc(C(C)C)sn1.Cc1nsnc1C(C)C. The summed E-state index contributed by atoms with van der Waals surface area (Å²) in [5.41, 5.74) is 4.48. The number of hydrogen-bond donors (Lipinski definition) is 5. The van der Waals surface area contributed by atoms with Crippen LogP contribution in [0.15, 0.2) is 54.0 Å². The smallest absolute Gasteiger partial charge is 0.438 e. The highest BCUT2D eigenvalue weighted by atomic mass is 32.1. The quantitative estimate of drug-likeness (QED) is 0.0948. The summed E-state index contributed by atoms with van der Waals surface area (Å²) in [6, 6.07) is 4.11. The fourth-order valence-corrected chi connectivity index (χ4v) is 5.88. The van der Waals surface area contributed by atoms with Gasteiger partial charge in [-0.2, -0.15) is 18.2 Å². The number of aromatic hydroxyl groups is 1. The highest BCUT2D eigenvalue weighted by Gasteiger charge is 2.09. The van der Waals surface area contributed by atoms with Crippen LogP contribution in [0, 0.1) is 32.6 Å². The van der Waals surface area contributed by atoms with E-state index < -0.39 is 5.76 Å². The Morgan fingerprint density at radius 1 is 0.657 bits per heavy atom. The lowest BCUT2D eigenvalue weighted by molar-refractivity contribution is -0.124. The third kappa shape index (κ3) is 29.9. The Morgan fingerprint density at radius 3 is 1.43 bits per heavy atom. The van der Waals surface area contributed by atoms with Crippen molar-refractivity contribution in [2.45, 2.75) is 174 Å². The van der Waals surface area contributed by atoms with E-state index in [4.69, 9.17) is 14.0 Å². The van der Waals surface area contributed by atoms with Crippen LogP contribution in [0.5, 0.6) is 5.75 Å². The van der Waals surface area contributed by atoms with Gasteiger partial charge in [0.2, 0.25) is 17.2 Å². The van der Waals surface area contributed by atoms with Crippen molar-refractivity contribution in [2.75, 3.05) is 14.1 Å². The number of aromatic nitrogens is 9. The van der Waals surface area contributed by atoms with E-state index in [0.717, 1.165) is 40.6 Å². The van der Waals surface area contributed by atoms with Crippen LogP contribution in [0.2, 0.25) is 0 Å². The molecule has 21 heteroatoms. The van der Waals surface area contributed by atoms with Gasteiger partial charge in [0.05, 0.1) is 40.8 Å². The van der Waals surface area contributed by atoms with E-state index >= 15 is 0 Å². The van der Waals surface area contributed by atoms with Crippen LogP contribution < -0.4 is 21.8 Å². The van der Waals surface area contributed by atoms with Crippen molar-refractivity contribution >= 4 is 35.1 Å². The van der Waals surface area contributed by atoms with Crippen molar-refractivity contribution in [1.29, 1.82) is 0 Å². The van der Waals surface area contributed by atoms with Crippen LogP contribution in [-0.4, -0.2) is 74.6 Å². The molecular formula is C49H85N11O8S2. The molecule has 0 saturated heterocycles. The third-order valence-electron chi connectivity index (χ3n) is 8.68. The van der Waals surface area contributed by atoms with Gasteiger partial charge in [0, 0.05) is 60.2 Å². The molecule has 70 heavy (non-hydrogen) atoms. The molecule has 6 aromatic rings. The molecule has 0 saturated carbocycles. The number of nitrogens with one attached hydrogen (secondary N) is 4. The number of aryl methyl sites for hydroxylation is 3. The molecule has 6 aromatic heterocycles. The molecule has 0 radical (unpaired) electrons. The molecule has 0 atom stereocenters. The van der Waals surface area contributed by atoms with E-state index in [1.165, 1.54) is 29.2 Å². The number of carbonyl (C=O) groups is 2. The van der Waals surface area contributed by atoms with Gasteiger partial charge in [-0.3, -0.25) is 29.0 Å². The predicted molar refractivity (Wildman–Crippen MR) is 282 cm³/mol. The van der Waals surface area contributed by atoms with Gasteiger partial charge in [0.25, 0.3) is 0 Å². The third-order valence-corrected chi connectivity index (χ3v) is 10.5. The first-order valence-corrected chi connectivity index (χ1v) is 24.4. The Hall–Kier alpha value is -5.83. The van der Waals surface area contributed by atoms with E-state index in [0.29, 0.717) is 35.1 Å². The Kier molecular flexibility index (Phi) is 36.2. The van der Waals surface area contributed by atoms with Crippen LogP contribution in [0.4, 0.5) is 0 Å². The molecule has 0 spiro atoms. The van der Waals surface area contributed by atoms with Crippen LogP contribution in [-0.2, 0) is 9.59 Å². The molecule has 0 aliphatic heterocycles. The van der Waals surface area contributed by atoms with Crippen LogP contribution >= 0.6 is 23.3 Å². The first-order valence-electron chi connectivity index (χ1n) is 22.9. The fraction of sp³-hybridized carbons (Fsp3) is 0.612. The molecule has 0 aromatic carbocycles. The van der Waals surface area contributed by atoms with E-state index in [-0.39, 0.29) is 54.1 Å². The van der Waals surface area contributed by atoms with E-state index in [9.17, 15) is 19.2 Å². The standard InChI is InChI=1S/C8H10O3.C7H11NO.C7H11NS.C6H10N2S.C5H9N3.C5H8N2O2.2C5H11NO.CH4/c1-5(2)6-3-11-4-7(9)8(6)10;2*1-5(2)7-4-6(3)8-9-7;1-4(2)6-5(3)7-9-8-6;1-4(2)5-6-3-7-8-5;1-3(2)4-6-5(8)9-7-4;2*1-4(2)5(7)6-3;/h3-5,9H,1-2H3;2*4-5H,1-3H3;4H,1-3H3;3-4H,1-2H3,(H,6,7,8);3H,1-2H3,(H,6,7,8);2*4H,1-3H3,(H,6,7);1H4. The number of amides is 2. The molecular weight excluding hydrogens is 935 g/mol. The van der Waals surface area contributed by atoms with Crippen molar-refractivity contribution in [2.24, 2.45) is 11.8 Å². The van der Waals surface area contributed by atoms with Gasteiger partial charge >= 0.3 is 5.76 Å². The minimum atomic E-state index is -0.487. The van der Waals surface area contributed by atoms with E-state index in [2.05, 4.69) is 120 Å². The van der Waals surface area contributed by atoms with Gasteiger partial charge in [-0.1, -0.05) is 129 Å². The maximum Gasteiger partial charge on any atom is 0.438 e. The molecule has 0 fully saturated rings. The maximum atomic E-state index is 11.1. The summed E-state index contributed by atoms with van der Waals surface area (Å²) in [5, 5.41) is 27.7. The highest BCUT2D eigenvalue weighted by Crippen LogP contribution is 2.19. The van der Waals surface area contributed by atoms with Crippen LogP contribution in [0.1, 0.15) is 204 Å². The number of aromatic amines is 2. The Labute approximate surface area is 424 Å². The summed E-state index contributed by atoms with van der Waals surface area (Å²) >= 11 is 2.90. The molecule has 0 aliphatic carbocycles. The van der Waals surface area contributed by atoms with E-state index in [1.807, 2.05) is 82.2 Å². The van der Waals surface area contributed by atoms with Gasteiger partial charge in [0.1, 0.15) is 24.2 Å². The number of nitrogens with zero attached hydrogens (tertiary/aromatic N) is 7. The zero-order chi connectivity index (χ0) is 53.6. The summed E-state index contributed by atoms with van der Waals surface area (Å²) < 4.78 is 26.4. The number of H-pyrrole nitrogens is 2. The molecule has 0 unspecified atom stereocenters. The largest absolute Gasteiger partial charge is 0.502 e. The number of rotatable bonds is 8. The van der Waals surface area contributed by atoms with Crippen molar-refractivity contribution in [3.8, 4) is 5.75 Å². The molecule has 6 heterocycles. The maximum absolute atomic E-state index is 11.1. The molecule has 6 rings (SSSR count). The molecule has 0 bridgehead atoms. The minimum Gasteiger partial charge on any atom is -0.502 e. The first-order chi connectivity index (χ1) is 32.1. The van der Waals surface area contributed by atoms with Crippen molar-refractivity contribution in [1.82, 2.24) is 54.2 Å². The summed E-state index contributed by atoms with van der Waals surface area (Å²) in [5.74, 6) is 4.49. The lowest BCUT2D eigenvalue weighted by Crippen LogP contribution is -2.22. The second-order valence-corrected chi connectivity index (χ2v) is 19.2. The predicted octanol–water partition coefficient (Wildman–Crippen LogP) is 10.9. The fourth-order valence-electron chi connectivity index (χ4n) is 4.46. The summed E-state index contributed by atoms with van der Waals surface area (Å²) in [6.45, 7) is 37.9. The topological polar surface area (TPSA) is 274 Å². The van der Waals surface area contributed by atoms with Crippen molar-refractivity contribution in [3.05, 3.63) is 102 Å². The second kappa shape index (κ2) is 37.1. The van der Waals surface area contributed by atoms with Gasteiger partial charge in [-0.15, -0.1) is 0 Å². The van der Waals surface area contributed by atoms with Gasteiger partial charge in [0.15, 0.2) is 11.6 Å². The monoisotopic (exact) mass is 1020 g/mol. The zero-order valence-electron chi connectivity index (χ0n) is 44.8. The van der Waals surface area contributed by atoms with Gasteiger partial charge in [-0.25, -0.2) is 9.78 Å². The minimum absolute atomic E-state index is 0. The summed E-state index contributed by atoms with van der Waals surface area (Å²) in [6.07, 6.45) is 3.93. The number of hydrogen-bond acceptors (Lipinski definition) is 17. The second-order valence-electron chi connectivity index (χ2n) is 17.8. The molecule has 0 aliphatic rings. The van der Waals surface area contributed by atoms with Gasteiger partial charge in [-0.05, 0) is 56.1 Å². The van der Waals surface area contributed by atoms with E-state index in [1.54, 1.807) is 25.6 Å². The molecule has 5 N–H and O–H groups in total. The normalized spacial score (nSPS) is 10.1. The number of carbonyl (C=O) groups excluding carboxylic acids is 2.